The highest BCUT2D eigenvalue weighted by atomic mass is 15.3. The smallest absolute Gasteiger partial charge is 0.0628 e. The van der Waals surface area contributed by atoms with Gasteiger partial charge in [0.05, 0.1) is 12.2 Å². The summed E-state index contributed by atoms with van der Waals surface area (Å²) in [6.07, 6.45) is 7.03. The summed E-state index contributed by atoms with van der Waals surface area (Å²) in [4.78, 5) is 0. The number of rotatable bonds is 5. The fraction of sp³-hybridized carbons (Fsp3) is 0.583. The monoisotopic (exact) mass is 205 g/mol. The molecule has 0 aromatic carbocycles. The molecule has 0 unspecified atom stereocenters. The zero-order valence-corrected chi connectivity index (χ0v) is 9.80. The first-order valence-electron chi connectivity index (χ1n) is 5.31. The standard InChI is InChI=1S/C12H19N3/c1-5-6-9-15-11(3)12(7-8-13-4)10(2)14-15/h1,13H,6-9H2,2-4H3. The van der Waals surface area contributed by atoms with Crippen molar-refractivity contribution in [1.29, 1.82) is 0 Å². The van der Waals surface area contributed by atoms with E-state index in [2.05, 4.69) is 30.2 Å². The minimum absolute atomic E-state index is 0.743. The van der Waals surface area contributed by atoms with Crippen molar-refractivity contribution in [1.82, 2.24) is 15.1 Å². The molecule has 0 saturated carbocycles. The minimum atomic E-state index is 0.743. The maximum atomic E-state index is 5.25. The maximum Gasteiger partial charge on any atom is 0.0628 e. The SMILES string of the molecule is C#CCCn1nc(C)c(CCNC)c1C. The Labute approximate surface area is 91.9 Å². The molecular weight excluding hydrogens is 186 g/mol. The first-order chi connectivity index (χ1) is 7.20. The largest absolute Gasteiger partial charge is 0.319 e. The van der Waals surface area contributed by atoms with Gasteiger partial charge in [-0.2, -0.15) is 5.10 Å². The van der Waals surface area contributed by atoms with E-state index in [0.29, 0.717) is 0 Å². The number of aromatic nitrogens is 2. The second kappa shape index (κ2) is 5.57. The highest BCUT2D eigenvalue weighted by Crippen LogP contribution is 2.13. The molecule has 82 valence electrons. The normalized spacial score (nSPS) is 10.3. The van der Waals surface area contributed by atoms with Crippen molar-refractivity contribution in [3.8, 4) is 12.3 Å². The number of aryl methyl sites for hydroxylation is 2. The third kappa shape index (κ3) is 2.84. The van der Waals surface area contributed by atoms with Gasteiger partial charge in [0, 0.05) is 12.1 Å². The van der Waals surface area contributed by atoms with Crippen molar-refractivity contribution >= 4 is 0 Å². The van der Waals surface area contributed by atoms with Gasteiger partial charge in [-0.05, 0) is 39.4 Å². The summed E-state index contributed by atoms with van der Waals surface area (Å²) in [5, 5.41) is 7.65. The van der Waals surface area contributed by atoms with E-state index in [-0.39, 0.29) is 0 Å². The van der Waals surface area contributed by atoms with Gasteiger partial charge in [-0.15, -0.1) is 12.3 Å². The van der Waals surface area contributed by atoms with Crippen LogP contribution in [0.1, 0.15) is 23.4 Å². The van der Waals surface area contributed by atoms with E-state index in [4.69, 9.17) is 6.42 Å². The number of nitrogens with zero attached hydrogens (tertiary/aromatic N) is 2. The predicted octanol–water partition coefficient (Wildman–Crippen LogP) is 1.29. The van der Waals surface area contributed by atoms with Crippen molar-refractivity contribution < 1.29 is 0 Å². The molecular formula is C12H19N3. The Morgan fingerprint density at radius 1 is 1.47 bits per heavy atom. The van der Waals surface area contributed by atoms with Gasteiger partial charge in [-0.1, -0.05) is 0 Å². The van der Waals surface area contributed by atoms with Crippen molar-refractivity contribution in [2.75, 3.05) is 13.6 Å². The van der Waals surface area contributed by atoms with Crippen molar-refractivity contribution in [3.05, 3.63) is 17.0 Å². The number of hydrogen-bond acceptors (Lipinski definition) is 2. The lowest BCUT2D eigenvalue weighted by Crippen LogP contribution is -2.11. The van der Waals surface area contributed by atoms with Crippen LogP contribution in [0.2, 0.25) is 0 Å². The summed E-state index contributed by atoms with van der Waals surface area (Å²) in [7, 11) is 1.97. The lowest BCUT2D eigenvalue weighted by Gasteiger charge is -2.03. The molecule has 0 spiro atoms. The molecule has 1 heterocycles. The fourth-order valence-corrected chi connectivity index (χ4v) is 1.73. The van der Waals surface area contributed by atoms with E-state index >= 15 is 0 Å². The molecule has 0 atom stereocenters. The number of hydrogen-bond donors (Lipinski definition) is 1. The number of terminal acetylenes is 1. The van der Waals surface area contributed by atoms with Crippen LogP contribution >= 0.6 is 0 Å². The maximum absolute atomic E-state index is 5.25. The molecule has 0 saturated heterocycles. The van der Waals surface area contributed by atoms with E-state index in [0.717, 1.165) is 31.6 Å². The van der Waals surface area contributed by atoms with Gasteiger partial charge < -0.3 is 5.32 Å². The van der Waals surface area contributed by atoms with Gasteiger partial charge >= 0.3 is 0 Å². The molecule has 1 N–H and O–H groups in total. The first-order valence-corrected chi connectivity index (χ1v) is 5.31. The van der Waals surface area contributed by atoms with E-state index < -0.39 is 0 Å². The van der Waals surface area contributed by atoms with Crippen molar-refractivity contribution in [2.24, 2.45) is 0 Å². The molecule has 15 heavy (non-hydrogen) atoms. The van der Waals surface area contributed by atoms with Crippen molar-refractivity contribution in [2.45, 2.75) is 33.2 Å². The Morgan fingerprint density at radius 2 is 2.20 bits per heavy atom. The van der Waals surface area contributed by atoms with Gasteiger partial charge in [0.15, 0.2) is 0 Å². The molecule has 0 bridgehead atoms. The van der Waals surface area contributed by atoms with Crippen LogP contribution in [-0.2, 0) is 13.0 Å². The molecule has 3 nitrogen and oxygen atoms in total. The third-order valence-corrected chi connectivity index (χ3v) is 2.62. The molecule has 0 fully saturated rings. The average molecular weight is 205 g/mol. The van der Waals surface area contributed by atoms with E-state index in [9.17, 15) is 0 Å². The van der Waals surface area contributed by atoms with Crippen LogP contribution in [0.4, 0.5) is 0 Å². The molecule has 1 rings (SSSR count). The molecule has 0 aliphatic rings. The molecule has 1 aromatic heterocycles. The fourth-order valence-electron chi connectivity index (χ4n) is 1.73. The van der Waals surface area contributed by atoms with E-state index in [1.165, 1.54) is 11.3 Å². The van der Waals surface area contributed by atoms with Gasteiger partial charge in [0.25, 0.3) is 0 Å². The molecule has 0 amide bonds. The average Bonchev–Trinajstić information content (AvgIpc) is 2.49. The molecule has 0 aliphatic heterocycles. The second-order valence-corrected chi connectivity index (χ2v) is 3.68. The highest BCUT2D eigenvalue weighted by Gasteiger charge is 2.09. The molecule has 0 radical (unpaired) electrons. The summed E-state index contributed by atoms with van der Waals surface area (Å²) in [5.74, 6) is 2.64. The summed E-state index contributed by atoms with van der Waals surface area (Å²) < 4.78 is 2.01. The van der Waals surface area contributed by atoms with Gasteiger partial charge in [-0.25, -0.2) is 0 Å². The van der Waals surface area contributed by atoms with Crippen molar-refractivity contribution in [3.63, 3.8) is 0 Å². The Kier molecular flexibility index (Phi) is 4.38. The summed E-state index contributed by atoms with van der Waals surface area (Å²) in [6, 6.07) is 0. The summed E-state index contributed by atoms with van der Waals surface area (Å²) >= 11 is 0. The second-order valence-electron chi connectivity index (χ2n) is 3.68. The van der Waals surface area contributed by atoms with Crippen LogP contribution in [0.5, 0.6) is 0 Å². The number of likely N-dealkylation sites (N-methyl/N-ethyl adjacent to an activating group) is 1. The van der Waals surface area contributed by atoms with E-state index in [1.807, 2.05) is 11.7 Å². The Hall–Kier alpha value is -1.27. The molecule has 3 heteroatoms. The third-order valence-electron chi connectivity index (χ3n) is 2.62. The molecule has 1 aromatic rings. The highest BCUT2D eigenvalue weighted by molar-refractivity contribution is 5.24. The Balaban J connectivity index is 2.79. The van der Waals surface area contributed by atoms with Gasteiger partial charge in [0.2, 0.25) is 0 Å². The topological polar surface area (TPSA) is 29.9 Å². The number of nitrogens with one attached hydrogen (secondary N) is 1. The lowest BCUT2D eigenvalue weighted by atomic mass is 10.1. The Morgan fingerprint density at radius 3 is 2.80 bits per heavy atom. The summed E-state index contributed by atoms with van der Waals surface area (Å²) in [6.45, 7) is 5.98. The predicted molar refractivity (Wildman–Crippen MR) is 62.8 cm³/mol. The minimum Gasteiger partial charge on any atom is -0.319 e. The van der Waals surface area contributed by atoms with Gasteiger partial charge in [-0.3, -0.25) is 4.68 Å². The van der Waals surface area contributed by atoms with Crippen LogP contribution < -0.4 is 5.32 Å². The zero-order valence-electron chi connectivity index (χ0n) is 9.80. The lowest BCUT2D eigenvalue weighted by molar-refractivity contribution is 0.606. The van der Waals surface area contributed by atoms with Crippen LogP contribution in [0.3, 0.4) is 0 Å². The van der Waals surface area contributed by atoms with Crippen LogP contribution in [0, 0.1) is 26.2 Å². The van der Waals surface area contributed by atoms with Crippen LogP contribution in [0.25, 0.3) is 0 Å². The zero-order chi connectivity index (χ0) is 11.3. The van der Waals surface area contributed by atoms with E-state index in [1.54, 1.807) is 0 Å². The first kappa shape index (κ1) is 11.8. The molecule has 0 aliphatic carbocycles. The Bertz CT molecular complexity index is 358. The van der Waals surface area contributed by atoms with Crippen LogP contribution in [-0.4, -0.2) is 23.4 Å². The van der Waals surface area contributed by atoms with Gasteiger partial charge in [0.1, 0.15) is 0 Å². The quantitative estimate of drug-likeness (QED) is 0.734. The van der Waals surface area contributed by atoms with Crippen LogP contribution in [0.15, 0.2) is 0 Å². The summed E-state index contributed by atoms with van der Waals surface area (Å²) in [5.41, 5.74) is 3.72.